The summed E-state index contributed by atoms with van der Waals surface area (Å²) in [4.78, 5) is 22.8. The normalized spacial score (nSPS) is 34.1. The number of carbonyl (C=O) groups is 2. The highest BCUT2D eigenvalue weighted by Crippen LogP contribution is 2.50. The van der Waals surface area contributed by atoms with Crippen molar-refractivity contribution in [3.8, 4) is 0 Å². The Bertz CT molecular complexity index is 826. The minimum absolute atomic E-state index is 0.0572. The third-order valence-corrected chi connectivity index (χ3v) is 6.42. The van der Waals surface area contributed by atoms with E-state index in [1.165, 1.54) is 6.08 Å². The summed E-state index contributed by atoms with van der Waals surface area (Å²) in [5.41, 5.74) is 3.70. The molecule has 0 aliphatic heterocycles. The smallest absolute Gasteiger partial charge is 0.328 e. The van der Waals surface area contributed by atoms with Crippen LogP contribution in [-0.4, -0.2) is 39.8 Å². The average molecular weight is 415 g/mol. The fraction of sp³-hybridized carbons (Fsp3) is 0.520. The number of aliphatic carboxylic acids is 1. The van der Waals surface area contributed by atoms with Crippen molar-refractivity contribution >= 4 is 11.8 Å². The summed E-state index contributed by atoms with van der Waals surface area (Å²) in [5, 5.41) is 28.8. The van der Waals surface area contributed by atoms with Crippen LogP contribution >= 0.6 is 0 Å². The Hall–Kier alpha value is -2.24. The standard InChI is InChI=1S/C25H34O5/c1-14(6-7-23(28)29)8-15(2)9-22-21(12-20(27)13-26)16(3)10-19-11-17(4)25(30)18(5)24(19)22/h6-10,12,17-19,22,24-26,30H,11,13H2,1-5H3,(H,28,29)/b7-6+,14-8-,15-9+,21-12-/t17-,18+,19-,22+,24+,25+/m0/s1. The number of hydrogen-bond donors (Lipinski definition) is 3. The van der Waals surface area contributed by atoms with E-state index in [1.54, 1.807) is 6.08 Å². The molecule has 2 aliphatic carbocycles. The Labute approximate surface area is 179 Å². The van der Waals surface area contributed by atoms with Gasteiger partial charge in [-0.1, -0.05) is 54.9 Å². The van der Waals surface area contributed by atoms with E-state index >= 15 is 0 Å². The lowest BCUT2D eigenvalue weighted by molar-refractivity contribution is -0.131. The predicted molar refractivity (Wildman–Crippen MR) is 118 cm³/mol. The third kappa shape index (κ3) is 5.67. The number of hydrogen-bond acceptors (Lipinski definition) is 4. The molecule has 164 valence electrons. The van der Waals surface area contributed by atoms with Crippen molar-refractivity contribution in [3.05, 3.63) is 58.7 Å². The highest BCUT2D eigenvalue weighted by atomic mass is 16.4. The Balaban J connectivity index is 2.52. The first-order valence-corrected chi connectivity index (χ1v) is 10.5. The van der Waals surface area contributed by atoms with E-state index < -0.39 is 18.7 Å². The van der Waals surface area contributed by atoms with Gasteiger partial charge in [-0.2, -0.15) is 0 Å². The van der Waals surface area contributed by atoms with Gasteiger partial charge >= 0.3 is 5.97 Å². The van der Waals surface area contributed by atoms with Crippen LogP contribution in [0.1, 0.15) is 41.0 Å². The van der Waals surface area contributed by atoms with Gasteiger partial charge in [0.2, 0.25) is 0 Å². The zero-order chi connectivity index (χ0) is 22.6. The van der Waals surface area contributed by atoms with Crippen molar-refractivity contribution in [3.63, 3.8) is 0 Å². The molecule has 2 aliphatic rings. The number of aliphatic hydroxyl groups is 2. The number of allylic oxidation sites excluding steroid dienone is 8. The minimum atomic E-state index is -0.993. The fourth-order valence-electron chi connectivity index (χ4n) is 5.09. The lowest BCUT2D eigenvalue weighted by Crippen LogP contribution is -2.45. The van der Waals surface area contributed by atoms with Crippen molar-refractivity contribution in [2.45, 2.75) is 47.1 Å². The van der Waals surface area contributed by atoms with Crippen molar-refractivity contribution in [1.29, 1.82) is 0 Å². The first-order chi connectivity index (χ1) is 14.0. The number of carbonyl (C=O) groups excluding carboxylic acids is 1. The SMILES string of the molecule is CC1=C[C@H]2C[C@H](C)[C@@H](O)[C@H](C)[C@H]2[C@H](/C=C(C)/C=C(C)\C=C\C(=O)O)/C1=C\C(=O)CO. The molecule has 0 saturated heterocycles. The van der Waals surface area contributed by atoms with Gasteiger partial charge in [0.1, 0.15) is 6.61 Å². The molecule has 5 heteroatoms. The van der Waals surface area contributed by atoms with Crippen LogP contribution in [0.3, 0.4) is 0 Å². The van der Waals surface area contributed by atoms with Gasteiger partial charge in [-0.15, -0.1) is 0 Å². The van der Waals surface area contributed by atoms with E-state index in [0.29, 0.717) is 5.92 Å². The number of aliphatic hydroxyl groups excluding tert-OH is 2. The lowest BCUT2D eigenvalue weighted by Gasteiger charge is -2.48. The largest absolute Gasteiger partial charge is 0.478 e. The number of rotatable bonds is 6. The first kappa shape index (κ1) is 24.0. The van der Waals surface area contributed by atoms with Crippen molar-refractivity contribution in [2.75, 3.05) is 6.61 Å². The molecule has 3 N–H and O–H groups in total. The number of carboxylic acid groups (broad SMARTS) is 1. The summed E-state index contributed by atoms with van der Waals surface area (Å²) in [6.45, 7) is 9.42. The zero-order valence-corrected chi connectivity index (χ0v) is 18.5. The molecule has 0 aromatic heterocycles. The van der Waals surface area contributed by atoms with E-state index in [1.807, 2.05) is 26.8 Å². The van der Waals surface area contributed by atoms with Crippen LogP contribution < -0.4 is 0 Å². The second kappa shape index (κ2) is 10.2. The van der Waals surface area contributed by atoms with Gasteiger partial charge in [-0.25, -0.2) is 4.79 Å². The third-order valence-electron chi connectivity index (χ3n) is 6.42. The van der Waals surface area contributed by atoms with E-state index in [-0.39, 0.29) is 29.5 Å². The Morgan fingerprint density at radius 1 is 1.17 bits per heavy atom. The number of carboxylic acids is 1. The Morgan fingerprint density at radius 3 is 2.43 bits per heavy atom. The Morgan fingerprint density at radius 2 is 1.83 bits per heavy atom. The summed E-state index contributed by atoms with van der Waals surface area (Å²) in [6, 6.07) is 0. The molecule has 0 bridgehead atoms. The van der Waals surface area contributed by atoms with Gasteiger partial charge in [0.25, 0.3) is 0 Å². The van der Waals surface area contributed by atoms with Crippen molar-refractivity contribution in [1.82, 2.24) is 0 Å². The van der Waals surface area contributed by atoms with Crippen LogP contribution in [0.4, 0.5) is 0 Å². The molecule has 1 saturated carbocycles. The molecule has 0 radical (unpaired) electrons. The molecule has 2 rings (SSSR count). The van der Waals surface area contributed by atoms with Crippen LogP contribution in [0.15, 0.2) is 58.7 Å². The highest BCUT2D eigenvalue weighted by molar-refractivity contribution is 5.92. The maximum atomic E-state index is 12.0. The first-order valence-electron chi connectivity index (χ1n) is 10.5. The number of fused-ring (bicyclic) bond motifs is 1. The molecule has 5 nitrogen and oxygen atoms in total. The molecule has 0 unspecified atom stereocenters. The quantitative estimate of drug-likeness (QED) is 0.453. The van der Waals surface area contributed by atoms with Gasteiger partial charge in [0, 0.05) is 12.0 Å². The Kier molecular flexibility index (Phi) is 8.16. The van der Waals surface area contributed by atoms with E-state index in [4.69, 9.17) is 5.11 Å². The zero-order valence-electron chi connectivity index (χ0n) is 18.5. The summed E-state index contributed by atoms with van der Waals surface area (Å²) in [5.74, 6) is -0.666. The van der Waals surface area contributed by atoms with E-state index in [0.717, 1.165) is 34.8 Å². The average Bonchev–Trinajstić information content (AvgIpc) is 2.66. The van der Waals surface area contributed by atoms with Gasteiger partial charge in [-0.3, -0.25) is 4.79 Å². The summed E-state index contributed by atoms with van der Waals surface area (Å²) >= 11 is 0. The van der Waals surface area contributed by atoms with Crippen molar-refractivity contribution < 1.29 is 24.9 Å². The van der Waals surface area contributed by atoms with Crippen LogP contribution in [0.25, 0.3) is 0 Å². The van der Waals surface area contributed by atoms with Gasteiger partial charge in [0.05, 0.1) is 6.10 Å². The molecule has 6 atom stereocenters. The maximum Gasteiger partial charge on any atom is 0.328 e. The van der Waals surface area contributed by atoms with Gasteiger partial charge in [-0.05, 0) is 62.5 Å². The summed E-state index contributed by atoms with van der Waals surface area (Å²) in [6.07, 6.45) is 10.9. The highest BCUT2D eigenvalue weighted by Gasteiger charge is 2.45. The van der Waals surface area contributed by atoms with Crippen LogP contribution in [0.5, 0.6) is 0 Å². The molecular formula is C25H34O5. The maximum absolute atomic E-state index is 12.0. The molecule has 0 aromatic carbocycles. The van der Waals surface area contributed by atoms with Crippen molar-refractivity contribution in [2.24, 2.45) is 29.6 Å². The topological polar surface area (TPSA) is 94.8 Å². The minimum Gasteiger partial charge on any atom is -0.478 e. The molecule has 0 spiro atoms. The van der Waals surface area contributed by atoms with E-state index in [9.17, 15) is 19.8 Å². The second-order valence-corrected chi connectivity index (χ2v) is 8.87. The molecule has 1 fully saturated rings. The fourth-order valence-corrected chi connectivity index (χ4v) is 5.09. The monoisotopic (exact) mass is 414 g/mol. The van der Waals surface area contributed by atoms with Gasteiger partial charge in [0.15, 0.2) is 5.78 Å². The summed E-state index contributed by atoms with van der Waals surface area (Å²) < 4.78 is 0. The van der Waals surface area contributed by atoms with Crippen LogP contribution in [0.2, 0.25) is 0 Å². The molecule has 0 aromatic rings. The number of ketones is 1. The molecule has 0 heterocycles. The lowest BCUT2D eigenvalue weighted by atomic mass is 9.57. The predicted octanol–water partition coefficient (Wildman–Crippen LogP) is 3.85. The van der Waals surface area contributed by atoms with Crippen LogP contribution in [0, 0.1) is 29.6 Å². The van der Waals surface area contributed by atoms with Crippen LogP contribution in [-0.2, 0) is 9.59 Å². The second-order valence-electron chi connectivity index (χ2n) is 8.87. The molecule has 0 amide bonds. The molecular weight excluding hydrogens is 380 g/mol. The van der Waals surface area contributed by atoms with Gasteiger partial charge < -0.3 is 15.3 Å². The molecule has 30 heavy (non-hydrogen) atoms. The summed E-state index contributed by atoms with van der Waals surface area (Å²) in [7, 11) is 0. The van der Waals surface area contributed by atoms with E-state index in [2.05, 4.69) is 26.0 Å².